The molecule has 0 saturated carbocycles. The average Bonchev–Trinajstić information content (AvgIpc) is 3.06. The van der Waals surface area contributed by atoms with Crippen LogP contribution in [-0.4, -0.2) is 35.1 Å². The maximum absolute atomic E-state index is 12.0. The molecule has 0 amide bonds. The minimum atomic E-state index is -0.704. The van der Waals surface area contributed by atoms with Gasteiger partial charge in [0.2, 0.25) is 11.2 Å². The lowest BCUT2D eigenvalue weighted by molar-refractivity contribution is -0.140. The maximum Gasteiger partial charge on any atom is 0.306 e. The second-order valence-corrected chi connectivity index (χ2v) is 5.90. The summed E-state index contributed by atoms with van der Waals surface area (Å²) >= 11 is 0. The number of esters is 1. The van der Waals surface area contributed by atoms with E-state index >= 15 is 0 Å². The molecule has 25 heavy (non-hydrogen) atoms. The molecule has 0 aromatic carbocycles. The van der Waals surface area contributed by atoms with Crippen LogP contribution in [0.4, 0.5) is 0 Å². The van der Waals surface area contributed by atoms with E-state index in [2.05, 4.69) is 5.10 Å². The Balaban J connectivity index is 2.54. The molecule has 0 aliphatic rings. The molecule has 2 rings (SSSR count). The van der Waals surface area contributed by atoms with Crippen LogP contribution in [-0.2, 0) is 20.9 Å². The van der Waals surface area contributed by atoms with Crippen molar-refractivity contribution in [2.75, 3.05) is 14.2 Å². The number of aromatic nitrogens is 2. The number of aromatic hydroxyl groups is 1. The Morgan fingerprint density at radius 3 is 2.68 bits per heavy atom. The summed E-state index contributed by atoms with van der Waals surface area (Å²) in [7, 11) is 2.74. The number of ether oxygens (including phenoxy) is 2. The molecular formula is C17H22N2O6. The van der Waals surface area contributed by atoms with Crippen LogP contribution in [0, 0.1) is 0 Å². The molecule has 0 radical (unpaired) electrons. The van der Waals surface area contributed by atoms with Crippen molar-refractivity contribution < 1.29 is 23.8 Å². The molecule has 0 unspecified atom stereocenters. The van der Waals surface area contributed by atoms with Crippen LogP contribution >= 0.6 is 0 Å². The van der Waals surface area contributed by atoms with Gasteiger partial charge in [-0.3, -0.25) is 14.3 Å². The number of rotatable bonds is 7. The minimum absolute atomic E-state index is 0.00624. The van der Waals surface area contributed by atoms with Crippen LogP contribution in [0.5, 0.6) is 5.75 Å². The van der Waals surface area contributed by atoms with Crippen molar-refractivity contribution in [2.45, 2.75) is 38.8 Å². The second-order valence-electron chi connectivity index (χ2n) is 5.90. The monoisotopic (exact) mass is 350 g/mol. The number of hydrogen-bond donors (Lipinski definition) is 1. The largest absolute Gasteiger partial charge is 0.502 e. The molecule has 0 aliphatic carbocycles. The zero-order valence-electron chi connectivity index (χ0n) is 14.7. The molecule has 1 N–H and O–H groups in total. The van der Waals surface area contributed by atoms with Crippen LogP contribution in [0.2, 0.25) is 0 Å². The third-order valence-corrected chi connectivity index (χ3v) is 3.75. The molecule has 8 nitrogen and oxygen atoms in total. The number of carbonyl (C=O) groups excluding carboxylic acids is 1. The highest BCUT2D eigenvalue weighted by molar-refractivity contribution is 5.71. The van der Waals surface area contributed by atoms with E-state index in [9.17, 15) is 14.7 Å². The van der Waals surface area contributed by atoms with Gasteiger partial charge in [-0.05, 0) is 13.8 Å². The standard InChI is InChI=1S/C17H22N2O6/c1-10(2)19-8-11(7-18-19)13(6-15(21)24-4)17-16(22)14(20)5-12(25-17)9-23-3/h5,7-8,10,13,22H,6,9H2,1-4H3/t13-/m1/s1. The molecule has 0 fully saturated rings. The van der Waals surface area contributed by atoms with Crippen molar-refractivity contribution in [3.05, 3.63) is 45.8 Å². The molecule has 1 atom stereocenters. The van der Waals surface area contributed by atoms with Gasteiger partial charge in [0.15, 0.2) is 5.76 Å². The van der Waals surface area contributed by atoms with E-state index in [-0.39, 0.29) is 30.6 Å². The van der Waals surface area contributed by atoms with Crippen LogP contribution in [0.15, 0.2) is 27.7 Å². The fourth-order valence-corrected chi connectivity index (χ4v) is 2.43. The predicted octanol–water partition coefficient (Wildman–Crippen LogP) is 1.96. The first-order valence-corrected chi connectivity index (χ1v) is 7.83. The SMILES string of the molecule is COCc1cc(=O)c(O)c([C@H](CC(=O)OC)c2cnn(C(C)C)c2)o1. The van der Waals surface area contributed by atoms with E-state index in [4.69, 9.17) is 13.9 Å². The Bertz CT molecular complexity index is 793. The third-order valence-electron chi connectivity index (χ3n) is 3.75. The molecule has 0 saturated heterocycles. The summed E-state index contributed by atoms with van der Waals surface area (Å²) in [5.74, 6) is -1.49. The van der Waals surface area contributed by atoms with Crippen molar-refractivity contribution in [3.63, 3.8) is 0 Å². The van der Waals surface area contributed by atoms with Gasteiger partial charge in [-0.1, -0.05) is 0 Å². The number of methoxy groups -OCH3 is 2. The molecule has 2 heterocycles. The van der Waals surface area contributed by atoms with Crippen LogP contribution in [0.25, 0.3) is 0 Å². The first-order chi connectivity index (χ1) is 11.9. The minimum Gasteiger partial charge on any atom is -0.502 e. The highest BCUT2D eigenvalue weighted by Gasteiger charge is 2.27. The van der Waals surface area contributed by atoms with Crippen molar-refractivity contribution in [2.24, 2.45) is 0 Å². The van der Waals surface area contributed by atoms with E-state index < -0.39 is 23.1 Å². The zero-order chi connectivity index (χ0) is 18.6. The molecule has 0 spiro atoms. The first-order valence-electron chi connectivity index (χ1n) is 7.83. The molecule has 0 bridgehead atoms. The molecule has 2 aromatic rings. The Labute approximate surface area is 145 Å². The summed E-state index contributed by atoms with van der Waals surface area (Å²) in [5.41, 5.74) is 0.0338. The van der Waals surface area contributed by atoms with Gasteiger partial charge < -0.3 is 19.0 Å². The normalized spacial score (nSPS) is 12.4. The highest BCUT2D eigenvalue weighted by atomic mass is 16.5. The Morgan fingerprint density at radius 2 is 2.12 bits per heavy atom. The van der Waals surface area contributed by atoms with E-state index in [1.807, 2.05) is 13.8 Å². The number of nitrogens with zero attached hydrogens (tertiary/aromatic N) is 2. The maximum atomic E-state index is 12.0. The molecule has 2 aromatic heterocycles. The quantitative estimate of drug-likeness (QED) is 0.761. The lowest BCUT2D eigenvalue weighted by Crippen LogP contribution is -2.14. The molecule has 8 heteroatoms. The van der Waals surface area contributed by atoms with Gasteiger partial charge in [-0.15, -0.1) is 0 Å². The van der Waals surface area contributed by atoms with Gasteiger partial charge in [-0.25, -0.2) is 0 Å². The van der Waals surface area contributed by atoms with Gasteiger partial charge in [0.1, 0.15) is 12.4 Å². The lowest BCUT2D eigenvalue weighted by atomic mass is 9.94. The average molecular weight is 350 g/mol. The van der Waals surface area contributed by atoms with Crippen LogP contribution in [0.1, 0.15) is 49.3 Å². The van der Waals surface area contributed by atoms with Gasteiger partial charge in [-0.2, -0.15) is 5.10 Å². The van der Waals surface area contributed by atoms with E-state index in [0.29, 0.717) is 5.56 Å². The van der Waals surface area contributed by atoms with Crippen LogP contribution in [0.3, 0.4) is 0 Å². The lowest BCUT2D eigenvalue weighted by Gasteiger charge is -2.15. The summed E-state index contributed by atoms with van der Waals surface area (Å²) in [5, 5.41) is 14.4. The number of carbonyl (C=O) groups is 1. The van der Waals surface area contributed by atoms with E-state index in [0.717, 1.165) is 6.07 Å². The fourth-order valence-electron chi connectivity index (χ4n) is 2.43. The second kappa shape index (κ2) is 7.98. The Hall–Kier alpha value is -2.61. The van der Waals surface area contributed by atoms with Gasteiger partial charge in [0, 0.05) is 31.0 Å². The molecular weight excluding hydrogens is 328 g/mol. The highest BCUT2D eigenvalue weighted by Crippen LogP contribution is 2.33. The summed E-state index contributed by atoms with van der Waals surface area (Å²) in [6.07, 6.45) is 3.23. The van der Waals surface area contributed by atoms with Crippen molar-refractivity contribution in [3.8, 4) is 5.75 Å². The zero-order valence-corrected chi connectivity index (χ0v) is 14.7. The fraction of sp³-hybridized carbons (Fsp3) is 0.471. The molecule has 136 valence electrons. The Kier molecular flexibility index (Phi) is 5.97. The van der Waals surface area contributed by atoms with Crippen molar-refractivity contribution >= 4 is 5.97 Å². The summed E-state index contributed by atoms with van der Waals surface area (Å²) in [6, 6.07) is 1.28. The summed E-state index contributed by atoms with van der Waals surface area (Å²) in [6.45, 7) is 3.99. The smallest absolute Gasteiger partial charge is 0.306 e. The van der Waals surface area contributed by atoms with Crippen LogP contribution < -0.4 is 5.43 Å². The van der Waals surface area contributed by atoms with E-state index in [1.165, 1.54) is 14.2 Å². The van der Waals surface area contributed by atoms with Crippen molar-refractivity contribution in [1.29, 1.82) is 0 Å². The Morgan fingerprint density at radius 1 is 1.40 bits per heavy atom. The topological polar surface area (TPSA) is 104 Å². The number of hydrogen-bond acceptors (Lipinski definition) is 7. The summed E-state index contributed by atoms with van der Waals surface area (Å²) in [4.78, 5) is 23.9. The first kappa shape index (κ1) is 18.7. The van der Waals surface area contributed by atoms with E-state index in [1.54, 1.807) is 17.1 Å². The predicted molar refractivity (Wildman–Crippen MR) is 88.4 cm³/mol. The van der Waals surface area contributed by atoms with Gasteiger partial charge in [0.25, 0.3) is 0 Å². The van der Waals surface area contributed by atoms with Gasteiger partial charge >= 0.3 is 5.97 Å². The molecule has 0 aliphatic heterocycles. The van der Waals surface area contributed by atoms with Crippen molar-refractivity contribution in [1.82, 2.24) is 9.78 Å². The van der Waals surface area contributed by atoms with Gasteiger partial charge in [0.05, 0.1) is 25.6 Å². The summed E-state index contributed by atoms with van der Waals surface area (Å²) < 4.78 is 17.1. The third kappa shape index (κ3) is 4.27.